The third kappa shape index (κ3) is 5.22. The Morgan fingerprint density at radius 2 is 1.68 bits per heavy atom. The molecular formula is C22H30N4O5. The number of amides is 3. The van der Waals surface area contributed by atoms with E-state index in [4.69, 9.17) is 5.73 Å². The Morgan fingerprint density at radius 3 is 2.29 bits per heavy atom. The summed E-state index contributed by atoms with van der Waals surface area (Å²) in [5, 5.41) is 12.2. The molecule has 2 heterocycles. The monoisotopic (exact) mass is 430 g/mol. The fourth-order valence-electron chi connectivity index (χ4n) is 4.36. The van der Waals surface area contributed by atoms with Crippen LogP contribution in [0, 0.1) is 0 Å². The van der Waals surface area contributed by atoms with Crippen LogP contribution in [0.2, 0.25) is 0 Å². The zero-order valence-electron chi connectivity index (χ0n) is 17.7. The standard InChI is InChI=1S/C22H30N4O5/c1-14(23)20(28)26-12-6-10-18(26)21(29)25-11-5-9-17(25)19(27)24-16(22(30)31)13-15-7-3-2-4-8-15/h2-4,7-8,14,16-18H,5-6,9-13,23H2,1H3,(H,24,27)(H,30,31). The fraction of sp³-hybridized carbons (Fsp3) is 0.545. The Labute approximate surface area is 181 Å². The molecule has 2 aliphatic heterocycles. The van der Waals surface area contributed by atoms with E-state index in [-0.39, 0.29) is 18.2 Å². The average Bonchev–Trinajstić information content (AvgIpc) is 3.42. The molecule has 0 spiro atoms. The fourth-order valence-corrected chi connectivity index (χ4v) is 4.36. The van der Waals surface area contributed by atoms with Gasteiger partial charge in [-0.05, 0) is 38.2 Å². The summed E-state index contributed by atoms with van der Waals surface area (Å²) in [4.78, 5) is 53.2. The van der Waals surface area contributed by atoms with Crippen LogP contribution in [0.3, 0.4) is 0 Å². The first-order valence-electron chi connectivity index (χ1n) is 10.7. The normalized spacial score (nSPS) is 22.8. The van der Waals surface area contributed by atoms with Gasteiger partial charge in [0.2, 0.25) is 17.7 Å². The summed E-state index contributed by atoms with van der Waals surface area (Å²) in [5.41, 5.74) is 6.51. The van der Waals surface area contributed by atoms with E-state index in [9.17, 15) is 24.3 Å². The quantitative estimate of drug-likeness (QED) is 0.563. The van der Waals surface area contributed by atoms with Crippen molar-refractivity contribution >= 4 is 23.7 Å². The summed E-state index contributed by atoms with van der Waals surface area (Å²) in [6, 6.07) is 5.92. The summed E-state index contributed by atoms with van der Waals surface area (Å²) in [6.07, 6.45) is 2.50. The number of aliphatic carboxylic acids is 1. The van der Waals surface area contributed by atoms with Crippen LogP contribution in [0.5, 0.6) is 0 Å². The van der Waals surface area contributed by atoms with Gasteiger partial charge < -0.3 is 26.0 Å². The van der Waals surface area contributed by atoms with E-state index in [1.54, 1.807) is 19.1 Å². The average molecular weight is 431 g/mol. The number of likely N-dealkylation sites (tertiary alicyclic amines) is 2. The molecule has 0 bridgehead atoms. The molecule has 3 amide bonds. The second-order valence-electron chi connectivity index (χ2n) is 8.26. The molecule has 0 aliphatic carbocycles. The number of carboxylic acid groups (broad SMARTS) is 1. The predicted molar refractivity (Wildman–Crippen MR) is 113 cm³/mol. The Hall–Kier alpha value is -2.94. The number of rotatable bonds is 7. The van der Waals surface area contributed by atoms with Gasteiger partial charge in [0.05, 0.1) is 6.04 Å². The topological polar surface area (TPSA) is 133 Å². The largest absolute Gasteiger partial charge is 0.480 e. The first-order chi connectivity index (χ1) is 14.8. The van der Waals surface area contributed by atoms with E-state index in [2.05, 4.69) is 5.32 Å². The molecule has 168 valence electrons. The summed E-state index contributed by atoms with van der Waals surface area (Å²) in [6.45, 7) is 2.47. The molecule has 2 saturated heterocycles. The van der Waals surface area contributed by atoms with E-state index < -0.39 is 36.0 Å². The van der Waals surface area contributed by atoms with Crippen LogP contribution in [0.4, 0.5) is 0 Å². The number of nitrogens with one attached hydrogen (secondary N) is 1. The Balaban J connectivity index is 1.68. The van der Waals surface area contributed by atoms with Crippen molar-refractivity contribution in [3.63, 3.8) is 0 Å². The van der Waals surface area contributed by atoms with Crippen molar-refractivity contribution in [3.05, 3.63) is 35.9 Å². The van der Waals surface area contributed by atoms with Gasteiger partial charge in [-0.15, -0.1) is 0 Å². The van der Waals surface area contributed by atoms with Crippen molar-refractivity contribution in [2.75, 3.05) is 13.1 Å². The maximum Gasteiger partial charge on any atom is 0.326 e. The Bertz CT molecular complexity index is 828. The van der Waals surface area contributed by atoms with Crippen molar-refractivity contribution in [2.45, 2.75) is 63.2 Å². The van der Waals surface area contributed by atoms with Crippen LogP contribution in [0.1, 0.15) is 38.2 Å². The van der Waals surface area contributed by atoms with Gasteiger partial charge in [0, 0.05) is 19.5 Å². The highest BCUT2D eigenvalue weighted by Gasteiger charge is 2.43. The lowest BCUT2D eigenvalue weighted by molar-refractivity contribution is -0.148. The van der Waals surface area contributed by atoms with Crippen molar-refractivity contribution < 1.29 is 24.3 Å². The molecule has 2 aliphatic rings. The molecule has 3 rings (SSSR count). The molecule has 0 radical (unpaired) electrons. The van der Waals surface area contributed by atoms with Gasteiger partial charge in [0.1, 0.15) is 18.1 Å². The zero-order chi connectivity index (χ0) is 22.5. The van der Waals surface area contributed by atoms with E-state index in [0.29, 0.717) is 38.8 Å². The lowest BCUT2D eigenvalue weighted by Gasteiger charge is -2.32. The molecule has 1 aromatic rings. The number of carboxylic acids is 1. The molecular weight excluding hydrogens is 400 g/mol. The Morgan fingerprint density at radius 1 is 1.06 bits per heavy atom. The molecule has 2 fully saturated rings. The summed E-state index contributed by atoms with van der Waals surface area (Å²) >= 11 is 0. The second kappa shape index (κ2) is 9.91. The lowest BCUT2D eigenvalue weighted by Crippen LogP contribution is -2.56. The number of hydrogen-bond acceptors (Lipinski definition) is 5. The van der Waals surface area contributed by atoms with Gasteiger partial charge in [-0.3, -0.25) is 14.4 Å². The summed E-state index contributed by atoms with van der Waals surface area (Å²) in [5.74, 6) is -2.14. The zero-order valence-corrected chi connectivity index (χ0v) is 17.7. The van der Waals surface area contributed by atoms with Gasteiger partial charge in [-0.25, -0.2) is 4.79 Å². The summed E-state index contributed by atoms with van der Waals surface area (Å²) in [7, 11) is 0. The van der Waals surface area contributed by atoms with E-state index in [0.717, 1.165) is 5.56 Å². The van der Waals surface area contributed by atoms with E-state index >= 15 is 0 Å². The van der Waals surface area contributed by atoms with Gasteiger partial charge in [-0.2, -0.15) is 0 Å². The molecule has 4 atom stereocenters. The predicted octanol–water partition coefficient (Wildman–Crippen LogP) is 0.128. The second-order valence-corrected chi connectivity index (χ2v) is 8.26. The minimum absolute atomic E-state index is 0.155. The third-order valence-electron chi connectivity index (χ3n) is 5.95. The molecule has 0 aromatic heterocycles. The third-order valence-corrected chi connectivity index (χ3v) is 5.95. The lowest BCUT2D eigenvalue weighted by atomic mass is 10.1. The Kier molecular flexibility index (Phi) is 7.27. The molecule has 4 N–H and O–H groups in total. The van der Waals surface area contributed by atoms with Gasteiger partial charge in [0.15, 0.2) is 0 Å². The number of benzene rings is 1. The minimum Gasteiger partial charge on any atom is -0.480 e. The van der Waals surface area contributed by atoms with Crippen LogP contribution in [-0.4, -0.2) is 75.9 Å². The van der Waals surface area contributed by atoms with Crippen LogP contribution < -0.4 is 11.1 Å². The number of nitrogens with two attached hydrogens (primary N) is 1. The molecule has 9 heteroatoms. The van der Waals surface area contributed by atoms with Crippen molar-refractivity contribution in [2.24, 2.45) is 5.73 Å². The van der Waals surface area contributed by atoms with Crippen LogP contribution in [-0.2, 0) is 25.6 Å². The number of carbonyl (C=O) groups excluding carboxylic acids is 3. The van der Waals surface area contributed by atoms with Crippen LogP contribution in [0.25, 0.3) is 0 Å². The van der Waals surface area contributed by atoms with Gasteiger partial charge in [0.25, 0.3) is 0 Å². The molecule has 4 unspecified atom stereocenters. The first-order valence-corrected chi connectivity index (χ1v) is 10.7. The van der Waals surface area contributed by atoms with Crippen molar-refractivity contribution in [1.82, 2.24) is 15.1 Å². The minimum atomic E-state index is -1.13. The molecule has 31 heavy (non-hydrogen) atoms. The summed E-state index contributed by atoms with van der Waals surface area (Å²) < 4.78 is 0. The maximum atomic E-state index is 13.2. The van der Waals surface area contributed by atoms with Gasteiger partial charge >= 0.3 is 5.97 Å². The first kappa shape index (κ1) is 22.7. The molecule has 9 nitrogen and oxygen atoms in total. The highest BCUT2D eigenvalue weighted by Crippen LogP contribution is 2.25. The SMILES string of the molecule is CC(N)C(=O)N1CCCC1C(=O)N1CCCC1C(=O)NC(Cc1ccccc1)C(=O)O. The number of carbonyl (C=O) groups is 4. The van der Waals surface area contributed by atoms with Crippen LogP contribution in [0.15, 0.2) is 30.3 Å². The highest BCUT2D eigenvalue weighted by molar-refractivity contribution is 5.94. The molecule has 1 aromatic carbocycles. The van der Waals surface area contributed by atoms with Crippen LogP contribution >= 0.6 is 0 Å². The maximum absolute atomic E-state index is 13.2. The number of nitrogens with zero attached hydrogens (tertiary/aromatic N) is 2. The number of hydrogen-bond donors (Lipinski definition) is 3. The smallest absolute Gasteiger partial charge is 0.326 e. The molecule has 0 saturated carbocycles. The van der Waals surface area contributed by atoms with Gasteiger partial charge in [-0.1, -0.05) is 30.3 Å². The van der Waals surface area contributed by atoms with Crippen molar-refractivity contribution in [3.8, 4) is 0 Å². The highest BCUT2D eigenvalue weighted by atomic mass is 16.4. The van der Waals surface area contributed by atoms with E-state index in [1.165, 1.54) is 9.80 Å². The van der Waals surface area contributed by atoms with E-state index in [1.807, 2.05) is 18.2 Å². The van der Waals surface area contributed by atoms with Crippen molar-refractivity contribution in [1.29, 1.82) is 0 Å².